The minimum Gasteiger partial charge on any atom is -0.383 e. The van der Waals surface area contributed by atoms with Crippen LogP contribution in [0.2, 0.25) is 0 Å². The van der Waals surface area contributed by atoms with Gasteiger partial charge in [-0.05, 0) is 7.05 Å². The maximum Gasteiger partial charge on any atom is 0.107 e. The summed E-state index contributed by atoms with van der Waals surface area (Å²) in [5.41, 5.74) is 0. The Hall–Kier alpha value is -0.150. The van der Waals surface area contributed by atoms with Crippen LogP contribution in [0, 0.1) is 0 Å². The monoisotopic (exact) mass is 121 g/mol. The number of likely N-dealkylation sites (N-methyl/N-ethyl adjacent to an activating group) is 1. The molecule has 0 rings (SSSR count). The second-order valence-electron chi connectivity index (χ2n) is 1.60. The van der Waals surface area contributed by atoms with Gasteiger partial charge in [0.2, 0.25) is 0 Å². The van der Waals surface area contributed by atoms with Crippen molar-refractivity contribution in [2.24, 2.45) is 0 Å². The number of methoxy groups -OCH3 is 1. The first-order valence-corrected chi connectivity index (χ1v) is 2.57. The standard InChI is InChI=1S/C5H12FNO/c1-7-5(3-6)4-8-2/h5,7H,3-4H2,1-2H3. The van der Waals surface area contributed by atoms with E-state index in [2.05, 4.69) is 10.1 Å². The molecule has 0 saturated carbocycles. The van der Waals surface area contributed by atoms with Gasteiger partial charge >= 0.3 is 0 Å². The van der Waals surface area contributed by atoms with Gasteiger partial charge < -0.3 is 10.1 Å². The summed E-state index contributed by atoms with van der Waals surface area (Å²) in [5.74, 6) is 0. The summed E-state index contributed by atoms with van der Waals surface area (Å²) in [6, 6.07) is -0.139. The molecule has 1 N–H and O–H groups in total. The maximum atomic E-state index is 11.7. The fourth-order valence-corrected chi connectivity index (χ4v) is 0.406. The summed E-state index contributed by atoms with van der Waals surface area (Å²) < 4.78 is 16.4. The van der Waals surface area contributed by atoms with Crippen LogP contribution in [0.3, 0.4) is 0 Å². The highest BCUT2D eigenvalue weighted by molar-refractivity contribution is 4.59. The lowest BCUT2D eigenvalue weighted by atomic mass is 10.4. The van der Waals surface area contributed by atoms with Gasteiger partial charge in [-0.25, -0.2) is 4.39 Å². The van der Waals surface area contributed by atoms with Crippen LogP contribution >= 0.6 is 0 Å². The zero-order valence-corrected chi connectivity index (χ0v) is 5.28. The number of ether oxygens (including phenoxy) is 1. The third-order valence-electron chi connectivity index (χ3n) is 0.962. The molecule has 0 aliphatic carbocycles. The molecule has 3 heteroatoms. The predicted octanol–water partition coefficient (Wildman–Crippen LogP) is 0.190. The molecule has 0 aliphatic heterocycles. The molecule has 0 aromatic carbocycles. The molecule has 0 amide bonds. The topological polar surface area (TPSA) is 21.3 Å². The van der Waals surface area contributed by atoms with E-state index in [4.69, 9.17) is 0 Å². The summed E-state index contributed by atoms with van der Waals surface area (Å²) in [7, 11) is 3.27. The molecule has 0 spiro atoms. The van der Waals surface area contributed by atoms with Gasteiger partial charge in [-0.1, -0.05) is 0 Å². The minimum atomic E-state index is -0.371. The summed E-state index contributed by atoms with van der Waals surface area (Å²) in [6.07, 6.45) is 0. The van der Waals surface area contributed by atoms with Crippen molar-refractivity contribution in [1.82, 2.24) is 5.32 Å². The normalized spacial score (nSPS) is 13.9. The van der Waals surface area contributed by atoms with Crippen LogP contribution in [0.4, 0.5) is 4.39 Å². The van der Waals surface area contributed by atoms with Gasteiger partial charge in [0.05, 0.1) is 12.6 Å². The number of halogens is 1. The Morgan fingerprint density at radius 2 is 2.38 bits per heavy atom. The minimum absolute atomic E-state index is 0.139. The molecule has 0 bridgehead atoms. The van der Waals surface area contributed by atoms with Crippen LogP contribution in [0.1, 0.15) is 0 Å². The molecular weight excluding hydrogens is 109 g/mol. The van der Waals surface area contributed by atoms with Crippen molar-refractivity contribution in [2.75, 3.05) is 27.4 Å². The maximum absolute atomic E-state index is 11.7. The van der Waals surface area contributed by atoms with Crippen LogP contribution < -0.4 is 5.32 Å². The van der Waals surface area contributed by atoms with E-state index in [1.807, 2.05) is 0 Å². The van der Waals surface area contributed by atoms with Crippen LogP contribution in [0.15, 0.2) is 0 Å². The lowest BCUT2D eigenvalue weighted by Gasteiger charge is -2.08. The van der Waals surface area contributed by atoms with Gasteiger partial charge in [-0.15, -0.1) is 0 Å². The van der Waals surface area contributed by atoms with E-state index < -0.39 is 0 Å². The molecule has 1 atom stereocenters. The number of alkyl halides is 1. The van der Waals surface area contributed by atoms with E-state index in [9.17, 15) is 4.39 Å². The molecule has 0 heterocycles. The predicted molar refractivity (Wildman–Crippen MR) is 30.7 cm³/mol. The quantitative estimate of drug-likeness (QED) is 0.573. The average molecular weight is 121 g/mol. The van der Waals surface area contributed by atoms with Crippen molar-refractivity contribution in [1.29, 1.82) is 0 Å². The highest BCUT2D eigenvalue weighted by Gasteiger charge is 2.01. The first kappa shape index (κ1) is 7.85. The molecule has 0 aromatic heterocycles. The second kappa shape index (κ2) is 5.00. The SMILES string of the molecule is CNC(CF)COC. The van der Waals surface area contributed by atoms with Crippen molar-refractivity contribution < 1.29 is 9.13 Å². The fourth-order valence-electron chi connectivity index (χ4n) is 0.406. The number of hydrogen-bond donors (Lipinski definition) is 1. The van der Waals surface area contributed by atoms with E-state index in [0.29, 0.717) is 6.61 Å². The Morgan fingerprint density at radius 1 is 1.75 bits per heavy atom. The van der Waals surface area contributed by atoms with Gasteiger partial charge in [0.25, 0.3) is 0 Å². The Balaban J connectivity index is 3.07. The van der Waals surface area contributed by atoms with Crippen LogP contribution in [0.25, 0.3) is 0 Å². The zero-order valence-electron chi connectivity index (χ0n) is 5.28. The first-order valence-electron chi connectivity index (χ1n) is 2.57. The Morgan fingerprint density at radius 3 is 2.50 bits per heavy atom. The lowest BCUT2D eigenvalue weighted by Crippen LogP contribution is -2.31. The number of hydrogen-bond acceptors (Lipinski definition) is 2. The van der Waals surface area contributed by atoms with Crippen molar-refractivity contribution >= 4 is 0 Å². The third kappa shape index (κ3) is 2.93. The van der Waals surface area contributed by atoms with Gasteiger partial charge in [-0.2, -0.15) is 0 Å². The molecule has 8 heavy (non-hydrogen) atoms. The highest BCUT2D eigenvalue weighted by Crippen LogP contribution is 1.82. The molecule has 0 aliphatic rings. The van der Waals surface area contributed by atoms with E-state index >= 15 is 0 Å². The van der Waals surface area contributed by atoms with Crippen molar-refractivity contribution in [2.45, 2.75) is 6.04 Å². The molecule has 2 nitrogen and oxygen atoms in total. The third-order valence-corrected chi connectivity index (χ3v) is 0.962. The lowest BCUT2D eigenvalue weighted by molar-refractivity contribution is 0.156. The molecule has 0 aromatic rings. The largest absolute Gasteiger partial charge is 0.383 e. The van der Waals surface area contributed by atoms with E-state index in [0.717, 1.165) is 0 Å². The van der Waals surface area contributed by atoms with Crippen LogP contribution in [-0.2, 0) is 4.74 Å². The van der Waals surface area contributed by atoms with Gasteiger partial charge in [-0.3, -0.25) is 0 Å². The molecule has 50 valence electrons. The number of nitrogens with one attached hydrogen (secondary N) is 1. The molecule has 0 saturated heterocycles. The smallest absolute Gasteiger partial charge is 0.107 e. The van der Waals surface area contributed by atoms with Crippen LogP contribution in [-0.4, -0.2) is 33.5 Å². The van der Waals surface area contributed by atoms with E-state index in [1.54, 1.807) is 14.2 Å². The second-order valence-corrected chi connectivity index (χ2v) is 1.60. The summed E-state index contributed by atoms with van der Waals surface area (Å²) in [5, 5.41) is 2.75. The van der Waals surface area contributed by atoms with E-state index in [-0.39, 0.29) is 12.7 Å². The van der Waals surface area contributed by atoms with Gasteiger partial charge in [0.1, 0.15) is 6.67 Å². The Kier molecular flexibility index (Phi) is 4.90. The summed E-state index contributed by atoms with van der Waals surface area (Å²) >= 11 is 0. The summed E-state index contributed by atoms with van der Waals surface area (Å²) in [6.45, 7) is 0.0668. The van der Waals surface area contributed by atoms with Crippen molar-refractivity contribution in [3.8, 4) is 0 Å². The molecule has 1 unspecified atom stereocenters. The average Bonchev–Trinajstić information content (AvgIpc) is 1.83. The fraction of sp³-hybridized carbons (Fsp3) is 1.00. The van der Waals surface area contributed by atoms with Gasteiger partial charge in [0.15, 0.2) is 0 Å². The van der Waals surface area contributed by atoms with Crippen LogP contribution in [0.5, 0.6) is 0 Å². The highest BCUT2D eigenvalue weighted by atomic mass is 19.1. The zero-order chi connectivity index (χ0) is 6.41. The Bertz CT molecular complexity index is 47.7. The Labute approximate surface area is 49.0 Å². The number of rotatable bonds is 4. The van der Waals surface area contributed by atoms with Gasteiger partial charge in [0, 0.05) is 7.11 Å². The van der Waals surface area contributed by atoms with E-state index in [1.165, 1.54) is 0 Å². The molecular formula is C5H12FNO. The van der Waals surface area contributed by atoms with Crippen molar-refractivity contribution in [3.05, 3.63) is 0 Å². The first-order chi connectivity index (χ1) is 3.85. The molecule has 0 fully saturated rings. The molecule has 0 radical (unpaired) electrons. The van der Waals surface area contributed by atoms with Crippen molar-refractivity contribution in [3.63, 3.8) is 0 Å². The summed E-state index contributed by atoms with van der Waals surface area (Å²) in [4.78, 5) is 0.